The van der Waals surface area contributed by atoms with E-state index in [2.05, 4.69) is 10.1 Å². The normalized spacial score (nSPS) is 20.7. The predicted octanol–water partition coefficient (Wildman–Crippen LogP) is 1.56. The van der Waals surface area contributed by atoms with Crippen molar-refractivity contribution in [2.75, 3.05) is 19.8 Å². The number of rotatable bonds is 5. The SMILES string of the molecule is CC(C)OCC(C)(N)c1noc(C2CCOCC2)n1. The van der Waals surface area contributed by atoms with Crippen LogP contribution in [0, 0.1) is 0 Å². The van der Waals surface area contributed by atoms with Gasteiger partial charge in [-0.05, 0) is 33.6 Å². The summed E-state index contributed by atoms with van der Waals surface area (Å²) in [5.74, 6) is 1.46. The third kappa shape index (κ3) is 3.75. The topological polar surface area (TPSA) is 83.4 Å². The lowest BCUT2D eigenvalue weighted by Gasteiger charge is -2.22. The molecule has 0 amide bonds. The summed E-state index contributed by atoms with van der Waals surface area (Å²) in [5.41, 5.74) is 5.47. The summed E-state index contributed by atoms with van der Waals surface area (Å²) < 4.78 is 16.2. The van der Waals surface area contributed by atoms with Crippen LogP contribution in [0.1, 0.15) is 51.2 Å². The molecule has 1 aliphatic heterocycles. The second-order valence-electron chi connectivity index (χ2n) is 5.62. The molecule has 2 N–H and O–H groups in total. The molecule has 1 aliphatic rings. The largest absolute Gasteiger partial charge is 0.381 e. The molecule has 108 valence electrons. The summed E-state index contributed by atoms with van der Waals surface area (Å²) in [6, 6.07) is 0. The lowest BCUT2D eigenvalue weighted by atomic mass is 10.00. The van der Waals surface area contributed by atoms with Gasteiger partial charge in [0.05, 0.1) is 12.7 Å². The van der Waals surface area contributed by atoms with Crippen LogP contribution in [0.2, 0.25) is 0 Å². The number of hydrogen-bond acceptors (Lipinski definition) is 6. The highest BCUT2D eigenvalue weighted by molar-refractivity contribution is 5.04. The van der Waals surface area contributed by atoms with Crippen molar-refractivity contribution >= 4 is 0 Å². The van der Waals surface area contributed by atoms with Gasteiger partial charge >= 0.3 is 0 Å². The molecule has 2 rings (SSSR count). The van der Waals surface area contributed by atoms with E-state index in [0.717, 1.165) is 26.1 Å². The Labute approximate surface area is 113 Å². The minimum absolute atomic E-state index is 0.129. The highest BCUT2D eigenvalue weighted by atomic mass is 16.5. The van der Waals surface area contributed by atoms with Gasteiger partial charge in [-0.3, -0.25) is 0 Å². The number of nitrogens with two attached hydrogens (primary N) is 1. The first-order valence-corrected chi connectivity index (χ1v) is 6.81. The van der Waals surface area contributed by atoms with E-state index < -0.39 is 5.54 Å². The molecule has 1 fully saturated rings. The average Bonchev–Trinajstić information content (AvgIpc) is 2.88. The first-order valence-electron chi connectivity index (χ1n) is 6.81. The van der Waals surface area contributed by atoms with Crippen LogP contribution in [0.25, 0.3) is 0 Å². The van der Waals surface area contributed by atoms with Gasteiger partial charge in [-0.15, -0.1) is 0 Å². The number of hydrogen-bond donors (Lipinski definition) is 1. The van der Waals surface area contributed by atoms with Crippen LogP contribution in [0.3, 0.4) is 0 Å². The zero-order chi connectivity index (χ0) is 13.9. The van der Waals surface area contributed by atoms with Crippen LogP contribution in [0.5, 0.6) is 0 Å². The van der Waals surface area contributed by atoms with Crippen LogP contribution in [-0.2, 0) is 15.0 Å². The summed E-state index contributed by atoms with van der Waals surface area (Å²) >= 11 is 0. The van der Waals surface area contributed by atoms with Crippen molar-refractivity contribution in [2.45, 2.75) is 51.2 Å². The Balaban J connectivity index is 2.02. The van der Waals surface area contributed by atoms with Crippen molar-refractivity contribution in [3.8, 4) is 0 Å². The average molecular weight is 269 g/mol. The molecular formula is C13H23N3O3. The minimum Gasteiger partial charge on any atom is -0.381 e. The second-order valence-corrected chi connectivity index (χ2v) is 5.62. The van der Waals surface area contributed by atoms with Crippen LogP contribution in [-0.4, -0.2) is 36.1 Å². The smallest absolute Gasteiger partial charge is 0.230 e. The molecule has 2 heterocycles. The summed E-state index contributed by atoms with van der Waals surface area (Å²) in [6.45, 7) is 7.67. The quantitative estimate of drug-likeness (QED) is 0.873. The Morgan fingerprint density at radius 3 is 2.74 bits per heavy atom. The monoisotopic (exact) mass is 269 g/mol. The number of aromatic nitrogens is 2. The van der Waals surface area contributed by atoms with Gasteiger partial charge in [0.1, 0.15) is 5.54 Å². The Bertz CT molecular complexity index is 398. The molecule has 0 aromatic carbocycles. The Morgan fingerprint density at radius 1 is 1.42 bits per heavy atom. The van der Waals surface area contributed by atoms with Crippen molar-refractivity contribution in [1.82, 2.24) is 10.1 Å². The summed E-state index contributed by atoms with van der Waals surface area (Å²) in [7, 11) is 0. The third-order valence-corrected chi connectivity index (χ3v) is 3.24. The van der Waals surface area contributed by atoms with Crippen LogP contribution >= 0.6 is 0 Å². The predicted molar refractivity (Wildman–Crippen MR) is 69.7 cm³/mol. The van der Waals surface area contributed by atoms with E-state index in [1.54, 1.807) is 0 Å². The van der Waals surface area contributed by atoms with E-state index in [1.165, 1.54) is 0 Å². The van der Waals surface area contributed by atoms with Crippen LogP contribution in [0.4, 0.5) is 0 Å². The first-order chi connectivity index (χ1) is 8.99. The van der Waals surface area contributed by atoms with Crippen molar-refractivity contribution in [3.63, 3.8) is 0 Å². The van der Waals surface area contributed by atoms with Crippen molar-refractivity contribution in [2.24, 2.45) is 5.73 Å². The minimum atomic E-state index is -0.725. The number of ether oxygens (including phenoxy) is 2. The molecule has 0 saturated carbocycles. The van der Waals surface area contributed by atoms with Gasteiger partial charge < -0.3 is 19.7 Å². The fourth-order valence-corrected chi connectivity index (χ4v) is 1.98. The molecule has 6 heteroatoms. The Kier molecular flexibility index (Phi) is 4.54. The fraction of sp³-hybridized carbons (Fsp3) is 0.846. The Hall–Kier alpha value is -0.980. The molecule has 0 radical (unpaired) electrons. The van der Waals surface area contributed by atoms with Gasteiger partial charge in [0.15, 0.2) is 5.82 Å². The van der Waals surface area contributed by atoms with Gasteiger partial charge in [-0.1, -0.05) is 5.16 Å². The van der Waals surface area contributed by atoms with Gasteiger partial charge in [-0.25, -0.2) is 0 Å². The molecule has 1 atom stereocenters. The second kappa shape index (κ2) is 5.98. The molecule has 1 aromatic heterocycles. The van der Waals surface area contributed by atoms with Gasteiger partial charge in [0.2, 0.25) is 5.89 Å². The zero-order valence-corrected chi connectivity index (χ0v) is 11.9. The molecule has 1 saturated heterocycles. The van der Waals surface area contributed by atoms with E-state index in [1.807, 2.05) is 20.8 Å². The number of nitrogens with zero attached hydrogens (tertiary/aromatic N) is 2. The molecule has 0 bridgehead atoms. The molecule has 0 spiro atoms. The summed E-state index contributed by atoms with van der Waals surface area (Å²) in [4.78, 5) is 4.45. The van der Waals surface area contributed by atoms with Crippen molar-refractivity contribution in [1.29, 1.82) is 0 Å². The maximum absolute atomic E-state index is 6.19. The highest BCUT2D eigenvalue weighted by Gasteiger charge is 2.30. The van der Waals surface area contributed by atoms with E-state index >= 15 is 0 Å². The van der Waals surface area contributed by atoms with Crippen molar-refractivity contribution in [3.05, 3.63) is 11.7 Å². The van der Waals surface area contributed by atoms with E-state index in [-0.39, 0.29) is 12.0 Å². The molecule has 1 unspecified atom stereocenters. The van der Waals surface area contributed by atoms with E-state index in [0.29, 0.717) is 18.3 Å². The fourth-order valence-electron chi connectivity index (χ4n) is 1.98. The standard InChI is InChI=1S/C13H23N3O3/c1-9(2)18-8-13(3,14)12-15-11(19-16-12)10-4-6-17-7-5-10/h9-10H,4-8,14H2,1-3H3. The van der Waals surface area contributed by atoms with Crippen LogP contribution < -0.4 is 5.73 Å². The lowest BCUT2D eigenvalue weighted by Crippen LogP contribution is -2.40. The lowest BCUT2D eigenvalue weighted by molar-refractivity contribution is 0.0410. The molecule has 1 aromatic rings. The summed E-state index contributed by atoms with van der Waals surface area (Å²) in [5, 5.41) is 4.01. The van der Waals surface area contributed by atoms with Gasteiger partial charge in [-0.2, -0.15) is 4.98 Å². The molecule has 0 aliphatic carbocycles. The van der Waals surface area contributed by atoms with E-state index in [4.69, 9.17) is 19.7 Å². The molecule has 19 heavy (non-hydrogen) atoms. The van der Waals surface area contributed by atoms with Gasteiger partial charge in [0, 0.05) is 19.1 Å². The van der Waals surface area contributed by atoms with Crippen LogP contribution in [0.15, 0.2) is 4.52 Å². The molecule has 6 nitrogen and oxygen atoms in total. The third-order valence-electron chi connectivity index (χ3n) is 3.24. The maximum Gasteiger partial charge on any atom is 0.230 e. The van der Waals surface area contributed by atoms with E-state index in [9.17, 15) is 0 Å². The molecular weight excluding hydrogens is 246 g/mol. The summed E-state index contributed by atoms with van der Waals surface area (Å²) in [6.07, 6.45) is 1.97. The first kappa shape index (κ1) is 14.4. The van der Waals surface area contributed by atoms with Gasteiger partial charge in [0.25, 0.3) is 0 Å². The Morgan fingerprint density at radius 2 is 2.11 bits per heavy atom. The zero-order valence-electron chi connectivity index (χ0n) is 11.9. The van der Waals surface area contributed by atoms with Crippen molar-refractivity contribution < 1.29 is 14.0 Å². The maximum atomic E-state index is 6.19. The highest BCUT2D eigenvalue weighted by Crippen LogP contribution is 2.27.